The van der Waals surface area contributed by atoms with Gasteiger partial charge in [-0.25, -0.2) is 0 Å². The molecule has 0 radical (unpaired) electrons. The van der Waals surface area contributed by atoms with Gasteiger partial charge in [-0.2, -0.15) is 0 Å². The summed E-state index contributed by atoms with van der Waals surface area (Å²) in [4.78, 5) is 13.8. The average molecular weight is 339 g/mol. The van der Waals surface area contributed by atoms with Crippen molar-refractivity contribution in [1.82, 2.24) is 5.32 Å². The van der Waals surface area contributed by atoms with Crippen LogP contribution >= 0.6 is 34.9 Å². The van der Waals surface area contributed by atoms with Crippen molar-refractivity contribution in [2.45, 2.75) is 44.1 Å². The second-order valence-electron chi connectivity index (χ2n) is 5.57. The van der Waals surface area contributed by atoms with E-state index in [1.54, 1.807) is 11.3 Å². The van der Waals surface area contributed by atoms with E-state index in [0.717, 1.165) is 40.0 Å². The van der Waals surface area contributed by atoms with Crippen molar-refractivity contribution < 1.29 is 4.79 Å². The molecular formula is C15H18N2OS3. The van der Waals surface area contributed by atoms with Crippen molar-refractivity contribution in [3.63, 3.8) is 0 Å². The molecule has 1 saturated carbocycles. The van der Waals surface area contributed by atoms with Crippen LogP contribution in [0.25, 0.3) is 9.40 Å². The van der Waals surface area contributed by atoms with Gasteiger partial charge in [-0.1, -0.05) is 37.9 Å². The molecule has 2 heterocycles. The van der Waals surface area contributed by atoms with Gasteiger partial charge < -0.3 is 11.1 Å². The number of thiocarbonyl (C=S) groups is 1. The molecule has 1 amide bonds. The van der Waals surface area contributed by atoms with E-state index < -0.39 is 5.54 Å². The predicted octanol–water partition coefficient (Wildman–Crippen LogP) is 4.07. The first-order valence-corrected chi connectivity index (χ1v) is 9.31. The van der Waals surface area contributed by atoms with Gasteiger partial charge in [0, 0.05) is 9.40 Å². The number of hydrogen-bond acceptors (Lipinski definition) is 4. The molecule has 21 heavy (non-hydrogen) atoms. The summed E-state index contributed by atoms with van der Waals surface area (Å²) in [7, 11) is 0. The fourth-order valence-corrected chi connectivity index (χ4v) is 5.18. The quantitative estimate of drug-likeness (QED) is 0.655. The van der Waals surface area contributed by atoms with Gasteiger partial charge in [0.05, 0.1) is 15.4 Å². The van der Waals surface area contributed by atoms with Crippen molar-refractivity contribution in [3.8, 4) is 0 Å². The van der Waals surface area contributed by atoms with Crippen molar-refractivity contribution in [3.05, 3.63) is 22.4 Å². The fourth-order valence-electron chi connectivity index (χ4n) is 2.92. The van der Waals surface area contributed by atoms with Crippen LogP contribution in [0.5, 0.6) is 0 Å². The molecule has 6 heteroatoms. The van der Waals surface area contributed by atoms with Gasteiger partial charge in [-0.3, -0.25) is 4.79 Å². The minimum Gasteiger partial charge on any atom is -0.391 e. The first-order chi connectivity index (χ1) is 10.1. The Balaban J connectivity index is 1.83. The highest BCUT2D eigenvalue weighted by atomic mass is 32.1. The molecule has 0 atom stereocenters. The molecule has 1 aliphatic carbocycles. The van der Waals surface area contributed by atoms with Gasteiger partial charge in [0.25, 0.3) is 5.91 Å². The highest BCUT2D eigenvalue weighted by molar-refractivity contribution is 7.80. The number of fused-ring (bicyclic) bond motifs is 1. The lowest BCUT2D eigenvalue weighted by molar-refractivity contribution is 0.0922. The molecular weight excluding hydrogens is 320 g/mol. The molecule has 3 N–H and O–H groups in total. The van der Waals surface area contributed by atoms with Gasteiger partial charge in [0.1, 0.15) is 0 Å². The molecule has 3 rings (SSSR count). The molecule has 0 unspecified atom stereocenters. The summed E-state index contributed by atoms with van der Waals surface area (Å²) in [5.74, 6) is -0.0434. The summed E-state index contributed by atoms with van der Waals surface area (Å²) in [6.45, 7) is 0. The molecule has 0 bridgehead atoms. The smallest absolute Gasteiger partial charge is 0.262 e. The number of carbonyl (C=O) groups is 1. The second kappa shape index (κ2) is 6.02. The Morgan fingerprint density at radius 2 is 1.95 bits per heavy atom. The van der Waals surface area contributed by atoms with Crippen LogP contribution in [-0.4, -0.2) is 16.4 Å². The van der Waals surface area contributed by atoms with E-state index in [2.05, 4.69) is 11.4 Å². The number of nitrogens with two attached hydrogens (primary N) is 1. The van der Waals surface area contributed by atoms with Crippen molar-refractivity contribution in [1.29, 1.82) is 0 Å². The van der Waals surface area contributed by atoms with Crippen molar-refractivity contribution in [2.75, 3.05) is 0 Å². The minimum atomic E-state index is -0.500. The summed E-state index contributed by atoms with van der Waals surface area (Å²) in [6.07, 6.45) is 6.22. The molecule has 1 aliphatic rings. The fraction of sp³-hybridized carbons (Fsp3) is 0.467. The zero-order valence-corrected chi connectivity index (χ0v) is 14.1. The highest BCUT2D eigenvalue weighted by Crippen LogP contribution is 2.32. The van der Waals surface area contributed by atoms with Crippen molar-refractivity contribution in [2.24, 2.45) is 5.73 Å². The Kier molecular flexibility index (Phi) is 4.28. The van der Waals surface area contributed by atoms with Gasteiger partial charge in [-0.05, 0) is 30.4 Å². The zero-order chi connectivity index (χ0) is 14.9. The lowest BCUT2D eigenvalue weighted by atomic mass is 9.90. The zero-order valence-electron chi connectivity index (χ0n) is 11.7. The van der Waals surface area contributed by atoms with Crippen LogP contribution in [0.1, 0.15) is 48.2 Å². The molecule has 2 aromatic rings. The van der Waals surface area contributed by atoms with E-state index in [9.17, 15) is 4.79 Å². The number of nitrogens with one attached hydrogen (secondary N) is 1. The number of carbonyl (C=O) groups excluding carboxylic acids is 1. The summed E-state index contributed by atoms with van der Waals surface area (Å²) in [6, 6.07) is 4.01. The van der Waals surface area contributed by atoms with Crippen LogP contribution in [0.3, 0.4) is 0 Å². The lowest BCUT2D eigenvalue weighted by Gasteiger charge is -2.32. The monoisotopic (exact) mass is 338 g/mol. The summed E-state index contributed by atoms with van der Waals surface area (Å²) in [5.41, 5.74) is 5.48. The van der Waals surface area contributed by atoms with Gasteiger partial charge in [-0.15, -0.1) is 22.7 Å². The van der Waals surface area contributed by atoms with Crippen LogP contribution in [0, 0.1) is 0 Å². The molecule has 0 spiro atoms. The van der Waals surface area contributed by atoms with Gasteiger partial charge >= 0.3 is 0 Å². The molecule has 0 aliphatic heterocycles. The molecule has 1 fully saturated rings. The number of amides is 1. The van der Waals surface area contributed by atoms with Crippen molar-refractivity contribution >= 4 is 55.2 Å². The Morgan fingerprint density at radius 1 is 1.24 bits per heavy atom. The third-order valence-electron chi connectivity index (χ3n) is 4.14. The highest BCUT2D eigenvalue weighted by Gasteiger charge is 2.36. The largest absolute Gasteiger partial charge is 0.391 e. The number of hydrogen-bond donors (Lipinski definition) is 2. The maximum Gasteiger partial charge on any atom is 0.262 e. The van der Waals surface area contributed by atoms with E-state index >= 15 is 0 Å². The van der Waals surface area contributed by atoms with Gasteiger partial charge in [0.15, 0.2) is 0 Å². The van der Waals surface area contributed by atoms with Crippen LogP contribution in [0.2, 0.25) is 0 Å². The predicted molar refractivity (Wildman–Crippen MR) is 94.4 cm³/mol. The Labute approximate surface area is 137 Å². The third kappa shape index (κ3) is 2.98. The summed E-state index contributed by atoms with van der Waals surface area (Å²) < 4.78 is 2.32. The summed E-state index contributed by atoms with van der Waals surface area (Å²) >= 11 is 8.46. The SMILES string of the molecule is NC(=S)C1(NC(=O)c2cc3sccc3s2)CCCCCC1. The molecule has 0 aromatic carbocycles. The Morgan fingerprint density at radius 3 is 2.57 bits per heavy atom. The lowest BCUT2D eigenvalue weighted by Crippen LogP contribution is -2.56. The summed E-state index contributed by atoms with van der Waals surface area (Å²) in [5, 5.41) is 5.20. The molecule has 112 valence electrons. The average Bonchev–Trinajstić information content (AvgIpc) is 2.95. The maximum absolute atomic E-state index is 12.6. The van der Waals surface area contributed by atoms with E-state index in [1.807, 2.05) is 11.4 Å². The first kappa shape index (κ1) is 14.9. The Hall–Kier alpha value is -0.980. The maximum atomic E-state index is 12.6. The second-order valence-corrected chi connectivity index (χ2v) is 8.05. The van der Waals surface area contributed by atoms with E-state index in [-0.39, 0.29) is 5.91 Å². The molecule has 3 nitrogen and oxygen atoms in total. The van der Waals surface area contributed by atoms with Crippen LogP contribution in [0.15, 0.2) is 17.5 Å². The normalized spacial score (nSPS) is 18.3. The topological polar surface area (TPSA) is 55.1 Å². The minimum absolute atomic E-state index is 0.0434. The molecule has 2 aromatic heterocycles. The van der Waals surface area contributed by atoms with Crippen LogP contribution < -0.4 is 11.1 Å². The number of rotatable bonds is 3. The molecule has 0 saturated heterocycles. The Bertz CT molecular complexity index is 637. The van der Waals surface area contributed by atoms with E-state index in [0.29, 0.717) is 4.99 Å². The van der Waals surface area contributed by atoms with E-state index in [1.165, 1.54) is 24.2 Å². The third-order valence-corrected chi connectivity index (χ3v) is 6.63. The standard InChI is InChI=1S/C15H18N2OS3/c16-14(19)15(6-3-1-2-4-7-15)17-13(18)12-9-11-10(21-12)5-8-20-11/h5,8-9H,1-4,6-7H2,(H2,16,19)(H,17,18). The van der Waals surface area contributed by atoms with E-state index in [4.69, 9.17) is 18.0 Å². The van der Waals surface area contributed by atoms with Crippen LogP contribution in [0.4, 0.5) is 0 Å². The number of thiophene rings is 2. The van der Waals surface area contributed by atoms with Crippen LogP contribution in [-0.2, 0) is 0 Å². The van der Waals surface area contributed by atoms with Gasteiger partial charge in [0.2, 0.25) is 0 Å². The first-order valence-electron chi connectivity index (χ1n) is 7.20.